The maximum absolute atomic E-state index is 11.1. The van der Waals surface area contributed by atoms with Crippen molar-refractivity contribution in [3.05, 3.63) is 48.3 Å². The summed E-state index contributed by atoms with van der Waals surface area (Å²) in [6.07, 6.45) is 5.44. The first-order valence-electron chi connectivity index (χ1n) is 6.60. The summed E-state index contributed by atoms with van der Waals surface area (Å²) in [5.74, 6) is -0.222. The first kappa shape index (κ1) is 14.3. The summed E-state index contributed by atoms with van der Waals surface area (Å²) in [6.45, 7) is 0. The van der Waals surface area contributed by atoms with Gasteiger partial charge in [-0.05, 0) is 30.5 Å². The molecule has 0 saturated carbocycles. The summed E-state index contributed by atoms with van der Waals surface area (Å²) in [5, 5.41) is 4.32. The third-order valence-corrected chi connectivity index (χ3v) is 3.10. The third-order valence-electron chi connectivity index (χ3n) is 3.10. The molecule has 0 fully saturated rings. The molecule has 1 atom stereocenters. The fraction of sp³-hybridized carbons (Fsp3) is 0.333. The Labute approximate surface area is 118 Å². The van der Waals surface area contributed by atoms with Crippen molar-refractivity contribution < 1.29 is 9.53 Å². The molecule has 0 bridgehead atoms. The lowest BCUT2D eigenvalue weighted by Crippen LogP contribution is -2.23. The predicted octanol–water partition coefficient (Wildman–Crippen LogP) is 1.70. The molecule has 2 aromatic rings. The number of methoxy groups -OCH3 is 1. The van der Waals surface area contributed by atoms with Gasteiger partial charge in [-0.1, -0.05) is 18.2 Å². The molecule has 5 heteroatoms. The summed E-state index contributed by atoms with van der Waals surface area (Å²) in [4.78, 5) is 11.1. The Bertz CT molecular complexity index is 551. The van der Waals surface area contributed by atoms with Crippen LogP contribution in [0.5, 0.6) is 0 Å². The maximum Gasteiger partial charge on any atom is 0.305 e. The van der Waals surface area contributed by atoms with E-state index in [1.54, 1.807) is 0 Å². The highest BCUT2D eigenvalue weighted by Gasteiger charge is 2.09. The molecule has 0 aliphatic heterocycles. The topological polar surface area (TPSA) is 70.1 Å². The molecule has 0 spiro atoms. The number of rotatable bonds is 6. The van der Waals surface area contributed by atoms with E-state index in [2.05, 4.69) is 9.84 Å². The molecule has 0 aliphatic carbocycles. The van der Waals surface area contributed by atoms with Crippen LogP contribution in [-0.4, -0.2) is 28.9 Å². The number of hydrogen-bond acceptors (Lipinski definition) is 4. The molecule has 2 N–H and O–H groups in total. The molecular weight excluding hydrogens is 254 g/mol. The molecule has 0 aliphatic rings. The Morgan fingerprint density at radius 2 is 2.15 bits per heavy atom. The van der Waals surface area contributed by atoms with Crippen molar-refractivity contribution in [1.82, 2.24) is 9.78 Å². The average molecular weight is 273 g/mol. The molecule has 1 heterocycles. The number of ether oxygens (including phenoxy) is 1. The van der Waals surface area contributed by atoms with Crippen LogP contribution >= 0.6 is 0 Å². The van der Waals surface area contributed by atoms with E-state index in [9.17, 15) is 4.79 Å². The zero-order chi connectivity index (χ0) is 14.4. The molecular formula is C15H19N3O2. The van der Waals surface area contributed by atoms with Gasteiger partial charge in [0.2, 0.25) is 0 Å². The molecule has 1 unspecified atom stereocenters. The van der Waals surface area contributed by atoms with E-state index in [1.807, 2.05) is 47.4 Å². The zero-order valence-electron chi connectivity index (χ0n) is 11.5. The van der Waals surface area contributed by atoms with Gasteiger partial charge in [-0.2, -0.15) is 5.10 Å². The van der Waals surface area contributed by atoms with Crippen molar-refractivity contribution in [1.29, 1.82) is 0 Å². The summed E-state index contributed by atoms with van der Waals surface area (Å²) in [7, 11) is 1.39. The molecule has 20 heavy (non-hydrogen) atoms. The van der Waals surface area contributed by atoms with E-state index in [1.165, 1.54) is 7.11 Å². The van der Waals surface area contributed by atoms with Gasteiger partial charge in [0.1, 0.15) is 0 Å². The lowest BCUT2D eigenvalue weighted by Gasteiger charge is -2.08. The van der Waals surface area contributed by atoms with E-state index in [4.69, 9.17) is 5.73 Å². The Balaban J connectivity index is 1.91. The average Bonchev–Trinajstić information content (AvgIpc) is 2.94. The Hall–Kier alpha value is -2.14. The van der Waals surface area contributed by atoms with E-state index < -0.39 is 0 Å². The van der Waals surface area contributed by atoms with Crippen LogP contribution in [0.2, 0.25) is 0 Å². The van der Waals surface area contributed by atoms with Crippen LogP contribution in [0.25, 0.3) is 5.69 Å². The molecule has 1 aromatic heterocycles. The minimum absolute atomic E-state index is 0.0671. The molecule has 0 saturated heterocycles. The first-order chi connectivity index (χ1) is 9.69. The van der Waals surface area contributed by atoms with Crippen LogP contribution < -0.4 is 5.73 Å². The second kappa shape index (κ2) is 6.86. The van der Waals surface area contributed by atoms with Gasteiger partial charge in [0.15, 0.2) is 0 Å². The minimum Gasteiger partial charge on any atom is -0.469 e. The summed E-state index contributed by atoms with van der Waals surface area (Å²) >= 11 is 0. The van der Waals surface area contributed by atoms with Crippen molar-refractivity contribution in [2.45, 2.75) is 25.3 Å². The highest BCUT2D eigenvalue weighted by Crippen LogP contribution is 2.10. The molecule has 0 amide bonds. The van der Waals surface area contributed by atoms with E-state index in [-0.39, 0.29) is 12.0 Å². The van der Waals surface area contributed by atoms with Crippen LogP contribution in [0.3, 0.4) is 0 Å². The smallest absolute Gasteiger partial charge is 0.305 e. The van der Waals surface area contributed by atoms with Crippen molar-refractivity contribution in [2.75, 3.05) is 7.11 Å². The largest absolute Gasteiger partial charge is 0.469 e. The van der Waals surface area contributed by atoms with Crippen LogP contribution in [0, 0.1) is 0 Å². The van der Waals surface area contributed by atoms with Crippen LogP contribution in [0.1, 0.15) is 18.4 Å². The first-order valence-corrected chi connectivity index (χ1v) is 6.60. The van der Waals surface area contributed by atoms with E-state index in [0.29, 0.717) is 19.3 Å². The van der Waals surface area contributed by atoms with Crippen molar-refractivity contribution in [3.8, 4) is 5.69 Å². The van der Waals surface area contributed by atoms with Gasteiger partial charge < -0.3 is 10.5 Å². The SMILES string of the molecule is COC(=O)CCC(N)Cc1cnn(-c2ccccc2)c1. The zero-order valence-corrected chi connectivity index (χ0v) is 11.5. The Kier molecular flexibility index (Phi) is 4.90. The number of carbonyl (C=O) groups is 1. The van der Waals surface area contributed by atoms with Crippen LogP contribution in [0.4, 0.5) is 0 Å². The maximum atomic E-state index is 11.1. The van der Waals surface area contributed by atoms with Crippen molar-refractivity contribution >= 4 is 5.97 Å². The molecule has 106 valence electrons. The highest BCUT2D eigenvalue weighted by molar-refractivity contribution is 5.69. The number of esters is 1. The number of para-hydroxylation sites is 1. The number of nitrogens with zero attached hydrogens (tertiary/aromatic N) is 2. The Morgan fingerprint density at radius 1 is 1.40 bits per heavy atom. The quantitative estimate of drug-likeness (QED) is 0.813. The molecule has 5 nitrogen and oxygen atoms in total. The Morgan fingerprint density at radius 3 is 2.85 bits per heavy atom. The predicted molar refractivity (Wildman–Crippen MR) is 76.5 cm³/mol. The van der Waals surface area contributed by atoms with Gasteiger partial charge in [-0.25, -0.2) is 4.68 Å². The summed E-state index contributed by atoms with van der Waals surface area (Å²) in [6, 6.07) is 9.83. The van der Waals surface area contributed by atoms with Gasteiger partial charge in [0, 0.05) is 18.7 Å². The van der Waals surface area contributed by atoms with Crippen molar-refractivity contribution in [2.24, 2.45) is 5.73 Å². The van der Waals surface area contributed by atoms with E-state index in [0.717, 1.165) is 11.3 Å². The summed E-state index contributed by atoms with van der Waals surface area (Å²) < 4.78 is 6.42. The lowest BCUT2D eigenvalue weighted by atomic mass is 10.1. The number of benzene rings is 1. The molecule has 1 aromatic carbocycles. The molecule has 2 rings (SSSR count). The van der Waals surface area contributed by atoms with Gasteiger partial charge >= 0.3 is 5.97 Å². The molecule has 0 radical (unpaired) electrons. The number of hydrogen-bond donors (Lipinski definition) is 1. The normalized spacial score (nSPS) is 12.1. The lowest BCUT2D eigenvalue weighted by molar-refractivity contribution is -0.140. The second-order valence-corrected chi connectivity index (χ2v) is 4.71. The number of carbonyl (C=O) groups excluding carboxylic acids is 1. The van der Waals surface area contributed by atoms with Gasteiger partial charge in [-0.15, -0.1) is 0 Å². The van der Waals surface area contributed by atoms with Gasteiger partial charge in [-0.3, -0.25) is 4.79 Å². The monoisotopic (exact) mass is 273 g/mol. The van der Waals surface area contributed by atoms with Crippen LogP contribution in [0.15, 0.2) is 42.7 Å². The van der Waals surface area contributed by atoms with Crippen molar-refractivity contribution in [3.63, 3.8) is 0 Å². The minimum atomic E-state index is -0.222. The van der Waals surface area contributed by atoms with Crippen LogP contribution in [-0.2, 0) is 16.0 Å². The van der Waals surface area contributed by atoms with Gasteiger partial charge in [0.25, 0.3) is 0 Å². The second-order valence-electron chi connectivity index (χ2n) is 4.71. The highest BCUT2D eigenvalue weighted by atomic mass is 16.5. The summed E-state index contributed by atoms with van der Waals surface area (Å²) in [5.41, 5.74) is 8.09. The number of nitrogens with two attached hydrogens (primary N) is 1. The van der Waals surface area contributed by atoms with E-state index >= 15 is 0 Å². The fourth-order valence-electron chi connectivity index (χ4n) is 2.00. The standard InChI is InChI=1S/C15H19N3O2/c1-20-15(19)8-7-13(16)9-12-10-17-18(11-12)14-5-3-2-4-6-14/h2-6,10-11,13H,7-9,16H2,1H3. The number of aromatic nitrogens is 2. The third kappa shape index (κ3) is 3.93. The van der Waals surface area contributed by atoms with Gasteiger partial charge in [0.05, 0.1) is 19.0 Å². The fourth-order valence-corrected chi connectivity index (χ4v) is 2.00.